The number of aliphatic hydroxyl groups is 1. The Balaban J connectivity index is 4.33. The first-order valence-electron chi connectivity index (χ1n) is 5.90. The lowest BCUT2D eigenvalue weighted by molar-refractivity contribution is 0.122. The molecular weight excluding hydrogens is 204 g/mol. The predicted molar refractivity (Wildman–Crippen MR) is 68.6 cm³/mol. The summed E-state index contributed by atoms with van der Waals surface area (Å²) in [5.74, 6) is 0.434. The summed E-state index contributed by atoms with van der Waals surface area (Å²) in [6.07, 6.45) is 1.08. The molecule has 0 aliphatic carbocycles. The summed E-state index contributed by atoms with van der Waals surface area (Å²) in [5, 5.41) is 9.16. The summed E-state index contributed by atoms with van der Waals surface area (Å²) in [7, 11) is -1.64. The van der Waals surface area contributed by atoms with Crippen LogP contribution in [-0.2, 0) is 4.43 Å². The normalized spacial score (nSPS) is 17.6. The van der Waals surface area contributed by atoms with Crippen molar-refractivity contribution in [3.8, 4) is 0 Å². The second-order valence-electron chi connectivity index (χ2n) is 6.07. The number of aliphatic hydroxyl groups excluding tert-OH is 1. The van der Waals surface area contributed by atoms with Crippen LogP contribution in [0.5, 0.6) is 0 Å². The van der Waals surface area contributed by atoms with E-state index in [2.05, 4.69) is 47.7 Å². The molecule has 0 saturated carbocycles. The highest BCUT2D eigenvalue weighted by Crippen LogP contribution is 2.38. The van der Waals surface area contributed by atoms with Crippen LogP contribution in [0.15, 0.2) is 0 Å². The molecular formula is C12H28O2Si. The molecule has 15 heavy (non-hydrogen) atoms. The Labute approximate surface area is 96.2 Å². The summed E-state index contributed by atoms with van der Waals surface area (Å²) in [4.78, 5) is 0. The van der Waals surface area contributed by atoms with Crippen LogP contribution < -0.4 is 0 Å². The molecule has 1 N–H and O–H groups in total. The van der Waals surface area contributed by atoms with E-state index in [1.165, 1.54) is 0 Å². The second-order valence-corrected chi connectivity index (χ2v) is 10.8. The largest absolute Gasteiger partial charge is 0.414 e. The zero-order valence-electron chi connectivity index (χ0n) is 11.4. The fourth-order valence-corrected chi connectivity index (χ4v) is 2.71. The van der Waals surface area contributed by atoms with Gasteiger partial charge in [-0.05, 0) is 37.4 Å². The summed E-state index contributed by atoms with van der Waals surface area (Å²) in [6.45, 7) is 15.8. The summed E-state index contributed by atoms with van der Waals surface area (Å²) < 4.78 is 6.24. The van der Waals surface area contributed by atoms with Crippen molar-refractivity contribution in [2.24, 2.45) is 5.92 Å². The summed E-state index contributed by atoms with van der Waals surface area (Å²) >= 11 is 0. The molecule has 0 bridgehead atoms. The van der Waals surface area contributed by atoms with Crippen molar-refractivity contribution in [3.63, 3.8) is 0 Å². The molecule has 0 heterocycles. The third-order valence-electron chi connectivity index (χ3n) is 3.67. The Kier molecular flexibility index (Phi) is 5.51. The van der Waals surface area contributed by atoms with Crippen molar-refractivity contribution in [2.45, 2.75) is 65.3 Å². The quantitative estimate of drug-likeness (QED) is 0.736. The van der Waals surface area contributed by atoms with Crippen LogP contribution in [0, 0.1) is 5.92 Å². The molecule has 2 atom stereocenters. The highest BCUT2D eigenvalue weighted by Gasteiger charge is 2.38. The van der Waals surface area contributed by atoms with Crippen LogP contribution >= 0.6 is 0 Å². The van der Waals surface area contributed by atoms with E-state index in [1.54, 1.807) is 0 Å². The van der Waals surface area contributed by atoms with Gasteiger partial charge in [-0.25, -0.2) is 0 Å². The van der Waals surface area contributed by atoms with Crippen molar-refractivity contribution < 1.29 is 9.53 Å². The monoisotopic (exact) mass is 232 g/mol. The van der Waals surface area contributed by atoms with Crippen molar-refractivity contribution >= 4 is 8.32 Å². The minimum Gasteiger partial charge on any atom is -0.414 e. The van der Waals surface area contributed by atoms with Crippen LogP contribution in [-0.4, -0.2) is 26.1 Å². The van der Waals surface area contributed by atoms with Crippen LogP contribution in [0.3, 0.4) is 0 Å². The van der Waals surface area contributed by atoms with Gasteiger partial charge in [-0.2, -0.15) is 0 Å². The molecule has 92 valence electrons. The molecule has 0 radical (unpaired) electrons. The molecule has 0 aliphatic rings. The molecule has 0 aromatic rings. The Morgan fingerprint density at radius 2 is 1.67 bits per heavy atom. The van der Waals surface area contributed by atoms with E-state index < -0.39 is 8.32 Å². The molecule has 3 heteroatoms. The van der Waals surface area contributed by atoms with E-state index in [4.69, 9.17) is 9.53 Å². The third kappa shape index (κ3) is 4.66. The number of hydrogen-bond acceptors (Lipinski definition) is 2. The van der Waals surface area contributed by atoms with Gasteiger partial charge >= 0.3 is 0 Å². The average molecular weight is 232 g/mol. The maximum absolute atomic E-state index is 8.90. The lowest BCUT2D eigenvalue weighted by Crippen LogP contribution is -2.44. The zero-order valence-corrected chi connectivity index (χ0v) is 12.4. The molecule has 0 spiro atoms. The highest BCUT2D eigenvalue weighted by molar-refractivity contribution is 6.74. The SMILES string of the molecule is C[C@H](O[Si](C)(C)C(C)(C)C)[C@@H](C)CCO. The first kappa shape index (κ1) is 15.1. The van der Waals surface area contributed by atoms with Crippen molar-refractivity contribution in [3.05, 3.63) is 0 Å². The van der Waals surface area contributed by atoms with E-state index in [0.717, 1.165) is 6.42 Å². The van der Waals surface area contributed by atoms with Gasteiger partial charge in [0.1, 0.15) is 0 Å². The fraction of sp³-hybridized carbons (Fsp3) is 1.00. The Morgan fingerprint density at radius 1 is 1.20 bits per heavy atom. The van der Waals surface area contributed by atoms with Crippen LogP contribution in [0.2, 0.25) is 18.1 Å². The van der Waals surface area contributed by atoms with Gasteiger partial charge in [-0.3, -0.25) is 0 Å². The van der Waals surface area contributed by atoms with Gasteiger partial charge in [0.25, 0.3) is 0 Å². The minimum atomic E-state index is -1.64. The van der Waals surface area contributed by atoms with Crippen LogP contribution in [0.1, 0.15) is 41.0 Å². The number of hydrogen-bond donors (Lipinski definition) is 1. The molecule has 0 unspecified atom stereocenters. The lowest BCUT2D eigenvalue weighted by atomic mass is 10.0. The van der Waals surface area contributed by atoms with Gasteiger partial charge in [-0.1, -0.05) is 27.7 Å². The molecule has 0 aromatic carbocycles. The second kappa shape index (κ2) is 5.46. The summed E-state index contributed by atoms with van der Waals surface area (Å²) in [5.41, 5.74) is 0. The predicted octanol–water partition coefficient (Wildman–Crippen LogP) is 3.42. The molecule has 0 saturated heterocycles. The lowest BCUT2D eigenvalue weighted by Gasteiger charge is -2.39. The van der Waals surface area contributed by atoms with E-state index in [0.29, 0.717) is 5.92 Å². The van der Waals surface area contributed by atoms with Gasteiger partial charge in [0.2, 0.25) is 0 Å². The first-order chi connectivity index (χ1) is 6.62. The van der Waals surface area contributed by atoms with Gasteiger partial charge in [0.15, 0.2) is 8.32 Å². The third-order valence-corrected chi connectivity index (χ3v) is 8.25. The average Bonchev–Trinajstić information content (AvgIpc) is 2.01. The first-order valence-corrected chi connectivity index (χ1v) is 8.81. The maximum Gasteiger partial charge on any atom is 0.192 e. The summed E-state index contributed by atoms with van der Waals surface area (Å²) in [6, 6.07) is 0. The molecule has 0 aliphatic heterocycles. The topological polar surface area (TPSA) is 29.5 Å². The molecule has 2 nitrogen and oxygen atoms in total. The van der Waals surface area contributed by atoms with E-state index in [1.807, 2.05) is 0 Å². The van der Waals surface area contributed by atoms with Crippen molar-refractivity contribution in [1.82, 2.24) is 0 Å². The highest BCUT2D eigenvalue weighted by atomic mass is 28.4. The number of rotatable bonds is 5. The van der Waals surface area contributed by atoms with Crippen molar-refractivity contribution in [1.29, 1.82) is 0 Å². The Hall–Kier alpha value is 0.137. The molecule has 0 fully saturated rings. The zero-order chi connectivity index (χ0) is 12.3. The smallest absolute Gasteiger partial charge is 0.192 e. The molecule has 0 rings (SSSR count). The van der Waals surface area contributed by atoms with Gasteiger partial charge < -0.3 is 9.53 Å². The minimum absolute atomic E-state index is 0.248. The molecule has 0 aromatic heterocycles. The van der Waals surface area contributed by atoms with E-state index >= 15 is 0 Å². The van der Waals surface area contributed by atoms with Gasteiger partial charge in [0.05, 0.1) is 0 Å². The van der Waals surface area contributed by atoms with Crippen molar-refractivity contribution in [2.75, 3.05) is 6.61 Å². The van der Waals surface area contributed by atoms with E-state index in [9.17, 15) is 0 Å². The Bertz CT molecular complexity index is 185. The van der Waals surface area contributed by atoms with Crippen LogP contribution in [0.25, 0.3) is 0 Å². The van der Waals surface area contributed by atoms with E-state index in [-0.39, 0.29) is 17.7 Å². The fourth-order valence-electron chi connectivity index (χ4n) is 1.20. The maximum atomic E-state index is 8.90. The van der Waals surface area contributed by atoms with Gasteiger partial charge in [-0.15, -0.1) is 0 Å². The standard InChI is InChI=1S/C12H28O2Si/c1-10(8-9-13)11(2)14-15(6,7)12(3,4)5/h10-11,13H,8-9H2,1-7H3/t10-,11-/m0/s1. The Morgan fingerprint density at radius 3 is 2.00 bits per heavy atom. The van der Waals surface area contributed by atoms with Crippen LogP contribution in [0.4, 0.5) is 0 Å². The molecule has 0 amide bonds. The van der Waals surface area contributed by atoms with Gasteiger partial charge in [0, 0.05) is 12.7 Å².